The van der Waals surface area contributed by atoms with Crippen LogP contribution in [0.5, 0.6) is 0 Å². The lowest BCUT2D eigenvalue weighted by atomic mass is 10.2. The molecule has 90 valence electrons. The van der Waals surface area contributed by atoms with Gasteiger partial charge in [-0.15, -0.1) is 0 Å². The maximum absolute atomic E-state index is 5.95. The van der Waals surface area contributed by atoms with E-state index in [1.807, 2.05) is 43.3 Å². The van der Waals surface area contributed by atoms with Crippen LogP contribution in [-0.4, -0.2) is 16.8 Å². The number of halogens is 1. The Hall–Kier alpha value is -1.68. The first-order valence-corrected chi connectivity index (χ1v) is 5.69. The van der Waals surface area contributed by atoms with Gasteiger partial charge in [-0.2, -0.15) is 5.10 Å². The highest BCUT2D eigenvalue weighted by molar-refractivity contribution is 6.30. The second-order valence-corrected chi connectivity index (χ2v) is 4.50. The molecule has 0 saturated heterocycles. The zero-order valence-corrected chi connectivity index (χ0v) is 10.6. The van der Waals surface area contributed by atoms with Crippen molar-refractivity contribution < 1.29 is 0 Å². The van der Waals surface area contributed by atoms with Gasteiger partial charge in [-0.1, -0.05) is 23.7 Å². The lowest BCUT2D eigenvalue weighted by Gasteiger charge is -2.17. The number of rotatable bonds is 3. The summed E-state index contributed by atoms with van der Waals surface area (Å²) in [5.41, 5.74) is 7.68. The Morgan fingerprint density at radius 1 is 1.47 bits per heavy atom. The summed E-state index contributed by atoms with van der Waals surface area (Å²) in [7, 11) is 3.81. The number of hydrogen-bond acceptors (Lipinski definition) is 3. The highest BCUT2D eigenvalue weighted by Gasteiger charge is 2.10. The zero-order valence-electron chi connectivity index (χ0n) is 9.89. The molecule has 0 fully saturated rings. The summed E-state index contributed by atoms with van der Waals surface area (Å²) in [6, 6.07) is 7.77. The molecule has 0 spiro atoms. The molecule has 0 aliphatic heterocycles. The Labute approximate surface area is 106 Å². The number of aromatic nitrogens is 2. The summed E-state index contributed by atoms with van der Waals surface area (Å²) < 4.78 is 1.71. The highest BCUT2D eigenvalue weighted by Crippen LogP contribution is 2.21. The molecule has 2 N–H and O–H groups in total. The maximum Gasteiger partial charge on any atom is 0.173 e. The van der Waals surface area contributed by atoms with E-state index < -0.39 is 0 Å². The van der Waals surface area contributed by atoms with Crippen molar-refractivity contribution in [2.45, 2.75) is 6.54 Å². The third-order valence-corrected chi connectivity index (χ3v) is 2.74. The average molecular weight is 251 g/mol. The molecule has 5 heteroatoms. The molecule has 2 aromatic rings. The first kappa shape index (κ1) is 11.8. The molecule has 2 rings (SSSR count). The van der Waals surface area contributed by atoms with E-state index in [0.717, 1.165) is 22.9 Å². The normalized spacial score (nSPS) is 10.5. The summed E-state index contributed by atoms with van der Waals surface area (Å²) in [6.07, 6.45) is 1.80. The number of nitrogens with zero attached hydrogens (tertiary/aromatic N) is 3. The van der Waals surface area contributed by atoms with Gasteiger partial charge in [0.25, 0.3) is 0 Å². The monoisotopic (exact) mass is 250 g/mol. The van der Waals surface area contributed by atoms with Gasteiger partial charge in [0, 0.05) is 31.9 Å². The van der Waals surface area contributed by atoms with Gasteiger partial charge < -0.3 is 10.6 Å². The Morgan fingerprint density at radius 2 is 2.24 bits per heavy atom. The zero-order chi connectivity index (χ0) is 12.4. The highest BCUT2D eigenvalue weighted by atomic mass is 35.5. The Kier molecular flexibility index (Phi) is 3.24. The van der Waals surface area contributed by atoms with E-state index in [2.05, 4.69) is 5.10 Å². The molecule has 0 amide bonds. The molecular formula is C12H15ClN4. The van der Waals surface area contributed by atoms with Gasteiger partial charge in [-0.25, -0.2) is 0 Å². The first-order valence-electron chi connectivity index (χ1n) is 5.31. The van der Waals surface area contributed by atoms with Gasteiger partial charge in [0.2, 0.25) is 0 Å². The largest absolute Gasteiger partial charge is 0.394 e. The number of benzene rings is 1. The van der Waals surface area contributed by atoms with Crippen LogP contribution in [0.2, 0.25) is 5.02 Å². The minimum absolute atomic E-state index is 0.678. The summed E-state index contributed by atoms with van der Waals surface area (Å²) in [4.78, 5) is 2.00. The SMILES string of the molecule is CN(Cc1cccc(Cl)c1)c1nn(C)cc1N. The van der Waals surface area contributed by atoms with Crippen molar-refractivity contribution >= 4 is 23.1 Å². The van der Waals surface area contributed by atoms with Crippen LogP contribution in [0, 0.1) is 0 Å². The predicted octanol–water partition coefficient (Wildman–Crippen LogP) is 2.29. The molecule has 4 nitrogen and oxygen atoms in total. The van der Waals surface area contributed by atoms with Gasteiger partial charge in [-0.05, 0) is 17.7 Å². The van der Waals surface area contributed by atoms with Crippen LogP contribution < -0.4 is 10.6 Å². The summed E-state index contributed by atoms with van der Waals surface area (Å²) in [5.74, 6) is 0.785. The topological polar surface area (TPSA) is 47.1 Å². The Balaban J connectivity index is 2.16. The molecule has 0 saturated carbocycles. The van der Waals surface area contributed by atoms with Crippen LogP contribution in [0.4, 0.5) is 11.5 Å². The lowest BCUT2D eigenvalue weighted by molar-refractivity contribution is 0.752. The summed E-state index contributed by atoms with van der Waals surface area (Å²) >= 11 is 5.95. The average Bonchev–Trinajstić information content (AvgIpc) is 2.58. The maximum atomic E-state index is 5.95. The summed E-state index contributed by atoms with van der Waals surface area (Å²) in [6.45, 7) is 0.724. The number of anilines is 2. The van der Waals surface area contributed by atoms with Crippen LogP contribution in [0.15, 0.2) is 30.5 Å². The predicted molar refractivity (Wildman–Crippen MR) is 71.2 cm³/mol. The molecular weight excluding hydrogens is 236 g/mol. The molecule has 1 aromatic carbocycles. The van der Waals surface area contributed by atoms with E-state index in [1.54, 1.807) is 10.9 Å². The number of nitrogen functional groups attached to an aromatic ring is 1. The van der Waals surface area contributed by atoms with E-state index >= 15 is 0 Å². The van der Waals surface area contributed by atoms with Crippen LogP contribution in [0.25, 0.3) is 0 Å². The van der Waals surface area contributed by atoms with Crippen molar-refractivity contribution in [1.82, 2.24) is 9.78 Å². The molecule has 1 aromatic heterocycles. The first-order chi connectivity index (χ1) is 8.06. The summed E-state index contributed by atoms with van der Waals surface area (Å²) in [5, 5.41) is 5.05. The standard InChI is InChI=1S/C12H15ClN4/c1-16(12-11(14)8-17(2)15-12)7-9-4-3-5-10(13)6-9/h3-6,8H,7,14H2,1-2H3. The van der Waals surface area contributed by atoms with E-state index in [9.17, 15) is 0 Å². The van der Waals surface area contributed by atoms with Gasteiger partial charge in [0.05, 0.1) is 5.69 Å². The lowest BCUT2D eigenvalue weighted by Crippen LogP contribution is -2.18. The Morgan fingerprint density at radius 3 is 2.82 bits per heavy atom. The second-order valence-electron chi connectivity index (χ2n) is 4.07. The van der Waals surface area contributed by atoms with Crippen molar-refractivity contribution in [3.8, 4) is 0 Å². The second kappa shape index (κ2) is 4.67. The fourth-order valence-electron chi connectivity index (χ4n) is 1.78. The van der Waals surface area contributed by atoms with Gasteiger partial charge in [0.15, 0.2) is 5.82 Å². The van der Waals surface area contributed by atoms with Crippen LogP contribution in [0.1, 0.15) is 5.56 Å². The molecule has 0 radical (unpaired) electrons. The minimum Gasteiger partial charge on any atom is -0.394 e. The number of nitrogens with two attached hydrogens (primary N) is 1. The van der Waals surface area contributed by atoms with E-state index in [-0.39, 0.29) is 0 Å². The molecule has 17 heavy (non-hydrogen) atoms. The van der Waals surface area contributed by atoms with E-state index in [1.165, 1.54) is 0 Å². The molecule has 0 aliphatic rings. The van der Waals surface area contributed by atoms with Crippen LogP contribution in [-0.2, 0) is 13.6 Å². The van der Waals surface area contributed by atoms with E-state index in [0.29, 0.717) is 5.69 Å². The van der Waals surface area contributed by atoms with Crippen molar-refractivity contribution in [2.75, 3.05) is 17.7 Å². The third kappa shape index (κ3) is 2.71. The van der Waals surface area contributed by atoms with E-state index in [4.69, 9.17) is 17.3 Å². The quantitative estimate of drug-likeness (QED) is 0.909. The fourth-order valence-corrected chi connectivity index (χ4v) is 1.99. The van der Waals surface area contributed by atoms with Crippen LogP contribution >= 0.6 is 11.6 Å². The minimum atomic E-state index is 0.678. The van der Waals surface area contributed by atoms with Crippen molar-refractivity contribution in [1.29, 1.82) is 0 Å². The molecule has 0 atom stereocenters. The smallest absolute Gasteiger partial charge is 0.173 e. The van der Waals surface area contributed by atoms with Gasteiger partial charge >= 0.3 is 0 Å². The van der Waals surface area contributed by atoms with Crippen molar-refractivity contribution in [3.63, 3.8) is 0 Å². The third-order valence-electron chi connectivity index (χ3n) is 2.51. The molecule has 0 bridgehead atoms. The van der Waals surface area contributed by atoms with Crippen LogP contribution in [0.3, 0.4) is 0 Å². The van der Waals surface area contributed by atoms with Crippen molar-refractivity contribution in [2.24, 2.45) is 7.05 Å². The number of hydrogen-bond donors (Lipinski definition) is 1. The molecule has 0 unspecified atom stereocenters. The Bertz CT molecular complexity index is 521. The van der Waals surface area contributed by atoms with Crippen molar-refractivity contribution in [3.05, 3.63) is 41.0 Å². The molecule has 1 heterocycles. The fraction of sp³-hybridized carbons (Fsp3) is 0.250. The van der Waals surface area contributed by atoms with Gasteiger partial charge in [0.1, 0.15) is 0 Å². The number of aryl methyl sites for hydroxylation is 1. The van der Waals surface area contributed by atoms with Gasteiger partial charge in [-0.3, -0.25) is 4.68 Å². The molecule has 0 aliphatic carbocycles.